The summed E-state index contributed by atoms with van der Waals surface area (Å²) in [5, 5.41) is 7.82. The van der Waals surface area contributed by atoms with E-state index in [9.17, 15) is 0 Å². The third-order valence-corrected chi connectivity index (χ3v) is 3.10. The van der Waals surface area contributed by atoms with Crippen LogP contribution < -0.4 is 5.32 Å². The van der Waals surface area contributed by atoms with E-state index < -0.39 is 0 Å². The first-order valence-electron chi connectivity index (χ1n) is 6.31. The molecule has 1 aromatic rings. The summed E-state index contributed by atoms with van der Waals surface area (Å²) in [6, 6.07) is 2.06. The highest BCUT2D eigenvalue weighted by Gasteiger charge is 2.10. The van der Waals surface area contributed by atoms with Crippen molar-refractivity contribution in [1.82, 2.24) is 9.78 Å². The molecule has 88 valence electrons. The average molecular weight is 219 g/mol. The van der Waals surface area contributed by atoms with Gasteiger partial charge in [0, 0.05) is 19.2 Å². The van der Waals surface area contributed by atoms with Gasteiger partial charge < -0.3 is 5.32 Å². The third-order valence-electron chi connectivity index (χ3n) is 3.10. The Labute approximate surface area is 97.5 Å². The molecule has 0 amide bonds. The van der Waals surface area contributed by atoms with Crippen LogP contribution in [-0.4, -0.2) is 16.3 Å². The minimum Gasteiger partial charge on any atom is -0.370 e. The summed E-state index contributed by atoms with van der Waals surface area (Å²) < 4.78 is 2.05. The largest absolute Gasteiger partial charge is 0.370 e. The third kappa shape index (κ3) is 2.87. The van der Waals surface area contributed by atoms with Crippen LogP contribution in [0.3, 0.4) is 0 Å². The Morgan fingerprint density at radius 2 is 2.44 bits per heavy atom. The van der Waals surface area contributed by atoms with E-state index in [1.165, 1.54) is 19.3 Å². The van der Waals surface area contributed by atoms with Crippen molar-refractivity contribution in [2.24, 2.45) is 5.92 Å². The lowest BCUT2D eigenvalue weighted by atomic mass is 9.94. The smallest absolute Gasteiger partial charge is 0.124 e. The van der Waals surface area contributed by atoms with Crippen molar-refractivity contribution >= 4 is 5.82 Å². The van der Waals surface area contributed by atoms with Gasteiger partial charge in [-0.3, -0.25) is 0 Å². The van der Waals surface area contributed by atoms with Crippen molar-refractivity contribution in [2.75, 3.05) is 11.9 Å². The van der Waals surface area contributed by atoms with Crippen LogP contribution in [0.1, 0.15) is 32.6 Å². The topological polar surface area (TPSA) is 29.9 Å². The quantitative estimate of drug-likeness (QED) is 0.771. The molecule has 0 aliphatic heterocycles. The fraction of sp³-hybridized carbons (Fsp3) is 0.615. The molecule has 1 aliphatic carbocycles. The molecule has 0 saturated carbocycles. The fourth-order valence-electron chi connectivity index (χ4n) is 2.16. The zero-order valence-corrected chi connectivity index (χ0v) is 10.0. The van der Waals surface area contributed by atoms with E-state index in [-0.39, 0.29) is 0 Å². The van der Waals surface area contributed by atoms with Crippen molar-refractivity contribution in [3.63, 3.8) is 0 Å². The standard InChI is InChI=1S/C13H21N3/c1-2-10-16-13(8-9-15-16)14-11-12-6-4-3-5-7-12/h3-4,8-9,12,14H,2,5-7,10-11H2,1H3. The first kappa shape index (κ1) is 11.2. The first-order chi connectivity index (χ1) is 7.90. The van der Waals surface area contributed by atoms with Crippen molar-refractivity contribution in [3.05, 3.63) is 24.4 Å². The number of rotatable bonds is 5. The Morgan fingerprint density at radius 3 is 3.19 bits per heavy atom. The molecular weight excluding hydrogens is 198 g/mol. The monoisotopic (exact) mass is 219 g/mol. The second-order valence-corrected chi connectivity index (χ2v) is 4.47. The Hall–Kier alpha value is -1.25. The molecule has 0 bridgehead atoms. The normalized spacial score (nSPS) is 19.9. The highest BCUT2D eigenvalue weighted by atomic mass is 15.3. The molecule has 3 nitrogen and oxygen atoms in total. The number of aromatic nitrogens is 2. The fourth-order valence-corrected chi connectivity index (χ4v) is 2.16. The molecule has 0 radical (unpaired) electrons. The molecule has 1 heterocycles. The van der Waals surface area contributed by atoms with Crippen molar-refractivity contribution in [2.45, 2.75) is 39.2 Å². The molecule has 0 fully saturated rings. The maximum atomic E-state index is 4.31. The predicted octanol–water partition coefficient (Wildman–Crippen LogP) is 3.06. The van der Waals surface area contributed by atoms with Crippen LogP contribution in [0.5, 0.6) is 0 Å². The molecule has 16 heavy (non-hydrogen) atoms. The molecule has 2 rings (SSSR count). The van der Waals surface area contributed by atoms with Gasteiger partial charge in [-0.1, -0.05) is 19.1 Å². The summed E-state index contributed by atoms with van der Waals surface area (Å²) in [4.78, 5) is 0. The predicted molar refractivity (Wildman–Crippen MR) is 67.5 cm³/mol. The number of hydrogen-bond donors (Lipinski definition) is 1. The summed E-state index contributed by atoms with van der Waals surface area (Å²) in [6.45, 7) is 4.25. The first-order valence-corrected chi connectivity index (χ1v) is 6.31. The Morgan fingerprint density at radius 1 is 1.50 bits per heavy atom. The van der Waals surface area contributed by atoms with Gasteiger partial charge in [-0.2, -0.15) is 5.10 Å². The summed E-state index contributed by atoms with van der Waals surface area (Å²) in [5.41, 5.74) is 0. The average Bonchev–Trinajstić information content (AvgIpc) is 2.76. The van der Waals surface area contributed by atoms with Gasteiger partial charge in [-0.25, -0.2) is 4.68 Å². The van der Waals surface area contributed by atoms with Gasteiger partial charge in [0.25, 0.3) is 0 Å². The number of nitrogens with zero attached hydrogens (tertiary/aromatic N) is 2. The van der Waals surface area contributed by atoms with E-state index in [1.807, 2.05) is 6.20 Å². The molecular formula is C13H21N3. The van der Waals surface area contributed by atoms with E-state index in [1.54, 1.807) is 0 Å². The van der Waals surface area contributed by atoms with Crippen molar-refractivity contribution in [1.29, 1.82) is 0 Å². The molecule has 0 spiro atoms. The van der Waals surface area contributed by atoms with E-state index in [4.69, 9.17) is 0 Å². The van der Waals surface area contributed by atoms with E-state index >= 15 is 0 Å². The maximum absolute atomic E-state index is 4.31. The highest BCUT2D eigenvalue weighted by molar-refractivity contribution is 5.33. The second kappa shape index (κ2) is 5.73. The Bertz CT molecular complexity index is 341. The van der Waals surface area contributed by atoms with Gasteiger partial charge in [0.1, 0.15) is 5.82 Å². The summed E-state index contributed by atoms with van der Waals surface area (Å²) in [5.74, 6) is 1.95. The van der Waals surface area contributed by atoms with Crippen LogP contribution >= 0.6 is 0 Å². The molecule has 0 saturated heterocycles. The summed E-state index contributed by atoms with van der Waals surface area (Å²) in [7, 11) is 0. The minimum absolute atomic E-state index is 0.787. The molecule has 1 unspecified atom stereocenters. The molecule has 1 atom stereocenters. The number of aryl methyl sites for hydroxylation is 1. The van der Waals surface area contributed by atoms with Crippen LogP contribution in [0.15, 0.2) is 24.4 Å². The molecule has 3 heteroatoms. The van der Waals surface area contributed by atoms with E-state index in [0.717, 1.165) is 31.2 Å². The summed E-state index contributed by atoms with van der Waals surface area (Å²) in [6.07, 6.45) is 11.4. The number of hydrogen-bond acceptors (Lipinski definition) is 2. The van der Waals surface area contributed by atoms with Gasteiger partial charge >= 0.3 is 0 Å². The van der Waals surface area contributed by atoms with Crippen LogP contribution in [0, 0.1) is 5.92 Å². The minimum atomic E-state index is 0.787. The van der Waals surface area contributed by atoms with Crippen molar-refractivity contribution < 1.29 is 0 Å². The molecule has 1 N–H and O–H groups in total. The van der Waals surface area contributed by atoms with Gasteiger partial charge in [-0.05, 0) is 31.6 Å². The van der Waals surface area contributed by atoms with Crippen molar-refractivity contribution in [3.8, 4) is 0 Å². The zero-order chi connectivity index (χ0) is 11.2. The second-order valence-electron chi connectivity index (χ2n) is 4.47. The summed E-state index contributed by atoms with van der Waals surface area (Å²) >= 11 is 0. The molecule has 0 aromatic carbocycles. The van der Waals surface area contributed by atoms with Crippen LogP contribution in [0.25, 0.3) is 0 Å². The lowest BCUT2D eigenvalue weighted by molar-refractivity contribution is 0.500. The SMILES string of the molecule is CCCn1nccc1NCC1CC=CCC1. The molecule has 1 aromatic heterocycles. The number of allylic oxidation sites excluding steroid dienone is 2. The number of nitrogens with one attached hydrogen (secondary N) is 1. The van der Waals surface area contributed by atoms with Gasteiger partial charge in [0.15, 0.2) is 0 Å². The Balaban J connectivity index is 1.84. The number of anilines is 1. The van der Waals surface area contributed by atoms with Crippen LogP contribution in [0.2, 0.25) is 0 Å². The van der Waals surface area contributed by atoms with Gasteiger partial charge in [-0.15, -0.1) is 0 Å². The van der Waals surface area contributed by atoms with E-state index in [0.29, 0.717) is 0 Å². The molecule has 1 aliphatic rings. The highest BCUT2D eigenvalue weighted by Crippen LogP contribution is 2.18. The zero-order valence-electron chi connectivity index (χ0n) is 10.0. The maximum Gasteiger partial charge on any atom is 0.124 e. The Kier molecular flexibility index (Phi) is 4.03. The lowest BCUT2D eigenvalue weighted by Crippen LogP contribution is -2.17. The van der Waals surface area contributed by atoms with E-state index in [2.05, 4.69) is 40.2 Å². The van der Waals surface area contributed by atoms with Gasteiger partial charge in [0.2, 0.25) is 0 Å². The van der Waals surface area contributed by atoms with Gasteiger partial charge in [0.05, 0.1) is 6.20 Å². The lowest BCUT2D eigenvalue weighted by Gasteiger charge is -2.19. The van der Waals surface area contributed by atoms with Crippen LogP contribution in [-0.2, 0) is 6.54 Å². The van der Waals surface area contributed by atoms with Crippen LogP contribution in [0.4, 0.5) is 5.82 Å².